The van der Waals surface area contributed by atoms with Crippen LogP contribution in [0.15, 0.2) is 23.4 Å². The Morgan fingerprint density at radius 3 is 3.06 bits per heavy atom. The highest BCUT2D eigenvalue weighted by atomic mass is 16.3. The highest BCUT2D eigenvalue weighted by Gasteiger charge is 2.09. The number of carbonyl (C=O) groups is 1. The average Bonchev–Trinajstić information content (AvgIpc) is 2.64. The molecule has 2 heterocycles. The van der Waals surface area contributed by atoms with Gasteiger partial charge in [0.25, 0.3) is 0 Å². The van der Waals surface area contributed by atoms with E-state index in [1.54, 1.807) is 0 Å². The van der Waals surface area contributed by atoms with Crippen LogP contribution in [0.3, 0.4) is 0 Å². The standard InChI is InChI=1S/C9H11N5O3/c15-4-2-11-8(16)6-14-9(17)13-3-1-10-5-7(13)12-14/h1,3,5,15H,2,4,6H2,(H,11,16). The maximum atomic E-state index is 11.7. The van der Waals surface area contributed by atoms with E-state index in [-0.39, 0.29) is 25.6 Å². The van der Waals surface area contributed by atoms with Crippen molar-refractivity contribution in [1.29, 1.82) is 0 Å². The van der Waals surface area contributed by atoms with Crippen LogP contribution in [0.2, 0.25) is 0 Å². The molecule has 0 spiro atoms. The fraction of sp³-hybridized carbons (Fsp3) is 0.333. The number of nitrogens with one attached hydrogen (secondary N) is 1. The molecule has 0 aliphatic heterocycles. The number of nitrogens with zero attached hydrogens (tertiary/aromatic N) is 4. The van der Waals surface area contributed by atoms with Crippen molar-refractivity contribution in [3.63, 3.8) is 0 Å². The van der Waals surface area contributed by atoms with Crippen LogP contribution >= 0.6 is 0 Å². The van der Waals surface area contributed by atoms with Crippen molar-refractivity contribution in [2.75, 3.05) is 13.2 Å². The van der Waals surface area contributed by atoms with Gasteiger partial charge in [-0.3, -0.25) is 9.78 Å². The summed E-state index contributed by atoms with van der Waals surface area (Å²) in [5.74, 6) is -0.377. The van der Waals surface area contributed by atoms with Gasteiger partial charge in [-0.05, 0) is 0 Å². The van der Waals surface area contributed by atoms with Crippen LogP contribution in [-0.2, 0) is 11.3 Å². The average molecular weight is 237 g/mol. The van der Waals surface area contributed by atoms with Gasteiger partial charge in [-0.25, -0.2) is 13.9 Å². The SMILES string of the molecule is O=C(Cn1nc2cnccn2c1=O)NCCO. The summed E-state index contributed by atoms with van der Waals surface area (Å²) in [5.41, 5.74) is -0.0194. The highest BCUT2D eigenvalue weighted by molar-refractivity contribution is 5.75. The van der Waals surface area contributed by atoms with Crippen molar-refractivity contribution >= 4 is 11.6 Å². The Balaban J connectivity index is 2.22. The summed E-state index contributed by atoms with van der Waals surface area (Å²) in [4.78, 5) is 26.9. The summed E-state index contributed by atoms with van der Waals surface area (Å²) < 4.78 is 2.34. The predicted molar refractivity (Wildman–Crippen MR) is 57.3 cm³/mol. The Morgan fingerprint density at radius 2 is 2.35 bits per heavy atom. The van der Waals surface area contributed by atoms with E-state index in [2.05, 4.69) is 15.4 Å². The van der Waals surface area contributed by atoms with Crippen LogP contribution in [0.1, 0.15) is 0 Å². The molecule has 2 aromatic heterocycles. The van der Waals surface area contributed by atoms with Crippen LogP contribution < -0.4 is 11.0 Å². The first-order valence-corrected chi connectivity index (χ1v) is 4.99. The number of hydrogen-bond donors (Lipinski definition) is 2. The molecule has 90 valence electrons. The van der Waals surface area contributed by atoms with Crippen LogP contribution in [-0.4, -0.2) is 43.3 Å². The predicted octanol–water partition coefficient (Wildman–Crippen LogP) is -2.00. The van der Waals surface area contributed by atoms with E-state index < -0.39 is 5.69 Å². The summed E-state index contributed by atoms with van der Waals surface area (Å²) in [5, 5.41) is 14.9. The lowest BCUT2D eigenvalue weighted by Crippen LogP contribution is -2.34. The second-order valence-electron chi connectivity index (χ2n) is 3.32. The number of aliphatic hydroxyl groups excluding tert-OH is 1. The monoisotopic (exact) mass is 237 g/mol. The van der Waals surface area contributed by atoms with Gasteiger partial charge in [-0.1, -0.05) is 0 Å². The molecule has 0 atom stereocenters. The first-order chi connectivity index (χ1) is 8.22. The van der Waals surface area contributed by atoms with Gasteiger partial charge in [0.2, 0.25) is 5.91 Å². The molecule has 0 saturated carbocycles. The van der Waals surface area contributed by atoms with E-state index in [4.69, 9.17) is 5.11 Å². The third-order valence-corrected chi connectivity index (χ3v) is 2.12. The molecule has 2 N–H and O–H groups in total. The quantitative estimate of drug-likeness (QED) is 0.640. The van der Waals surface area contributed by atoms with Crippen molar-refractivity contribution in [2.24, 2.45) is 0 Å². The second kappa shape index (κ2) is 4.74. The van der Waals surface area contributed by atoms with Gasteiger partial charge < -0.3 is 10.4 Å². The zero-order chi connectivity index (χ0) is 12.3. The molecule has 0 bridgehead atoms. The van der Waals surface area contributed by atoms with Gasteiger partial charge in [0.05, 0.1) is 12.8 Å². The molecule has 0 aliphatic rings. The van der Waals surface area contributed by atoms with E-state index in [1.165, 1.54) is 23.0 Å². The maximum Gasteiger partial charge on any atom is 0.350 e. The molecule has 0 radical (unpaired) electrons. The Hall–Kier alpha value is -2.22. The zero-order valence-corrected chi connectivity index (χ0v) is 8.91. The molecule has 0 aliphatic carbocycles. The van der Waals surface area contributed by atoms with Crippen molar-refractivity contribution in [1.82, 2.24) is 24.5 Å². The highest BCUT2D eigenvalue weighted by Crippen LogP contribution is 1.91. The smallest absolute Gasteiger partial charge is 0.350 e. The number of amides is 1. The molecule has 8 heteroatoms. The van der Waals surface area contributed by atoms with Gasteiger partial charge in [-0.15, -0.1) is 5.10 Å². The molecule has 0 unspecified atom stereocenters. The Labute approximate surface area is 95.5 Å². The summed E-state index contributed by atoms with van der Waals surface area (Å²) in [6.07, 6.45) is 4.38. The van der Waals surface area contributed by atoms with E-state index in [9.17, 15) is 9.59 Å². The normalized spacial score (nSPS) is 10.6. The van der Waals surface area contributed by atoms with E-state index in [0.717, 1.165) is 4.68 Å². The Bertz CT molecular complexity index is 588. The number of rotatable bonds is 4. The molecule has 0 fully saturated rings. The first-order valence-electron chi connectivity index (χ1n) is 4.99. The Kier molecular flexibility index (Phi) is 3.15. The lowest BCUT2D eigenvalue weighted by atomic mass is 10.5. The van der Waals surface area contributed by atoms with Crippen LogP contribution in [0.5, 0.6) is 0 Å². The lowest BCUT2D eigenvalue weighted by molar-refractivity contribution is -0.122. The minimum Gasteiger partial charge on any atom is -0.395 e. The molecule has 17 heavy (non-hydrogen) atoms. The van der Waals surface area contributed by atoms with Gasteiger partial charge in [0.1, 0.15) is 6.54 Å². The number of fused-ring (bicyclic) bond motifs is 1. The summed E-state index contributed by atoms with van der Waals surface area (Å²) in [6.45, 7) is -0.168. The lowest BCUT2D eigenvalue weighted by Gasteiger charge is -2.01. The van der Waals surface area contributed by atoms with Crippen molar-refractivity contribution in [2.45, 2.75) is 6.54 Å². The Morgan fingerprint density at radius 1 is 1.53 bits per heavy atom. The third-order valence-electron chi connectivity index (χ3n) is 2.12. The molecule has 0 aromatic carbocycles. The largest absolute Gasteiger partial charge is 0.395 e. The molecule has 1 amide bonds. The maximum absolute atomic E-state index is 11.7. The van der Waals surface area contributed by atoms with E-state index in [0.29, 0.717) is 5.65 Å². The van der Waals surface area contributed by atoms with Crippen molar-refractivity contribution < 1.29 is 9.90 Å². The molecular formula is C9H11N5O3. The molecule has 2 rings (SSSR count). The minimum absolute atomic E-state index is 0.143. The fourth-order valence-corrected chi connectivity index (χ4v) is 1.37. The first kappa shape index (κ1) is 11.3. The number of aromatic nitrogens is 4. The zero-order valence-electron chi connectivity index (χ0n) is 8.91. The number of aliphatic hydroxyl groups is 1. The van der Waals surface area contributed by atoms with E-state index >= 15 is 0 Å². The van der Waals surface area contributed by atoms with Gasteiger partial charge in [0, 0.05) is 18.9 Å². The third kappa shape index (κ3) is 2.31. The molecule has 2 aromatic rings. The summed E-state index contributed by atoms with van der Waals surface area (Å²) >= 11 is 0. The van der Waals surface area contributed by atoms with Gasteiger partial charge in [0.15, 0.2) is 5.65 Å². The van der Waals surface area contributed by atoms with Gasteiger partial charge >= 0.3 is 5.69 Å². The van der Waals surface area contributed by atoms with Crippen LogP contribution in [0.25, 0.3) is 5.65 Å². The summed E-state index contributed by atoms with van der Waals surface area (Å²) in [7, 11) is 0. The number of carbonyl (C=O) groups excluding carboxylic acids is 1. The molecule has 0 saturated heterocycles. The topological polar surface area (TPSA) is 102 Å². The number of hydrogen-bond acceptors (Lipinski definition) is 5. The van der Waals surface area contributed by atoms with E-state index in [1.807, 2.05) is 0 Å². The minimum atomic E-state index is -0.401. The second-order valence-corrected chi connectivity index (χ2v) is 3.32. The van der Waals surface area contributed by atoms with Gasteiger partial charge in [-0.2, -0.15) is 0 Å². The van der Waals surface area contributed by atoms with Crippen LogP contribution in [0.4, 0.5) is 0 Å². The molecular weight excluding hydrogens is 226 g/mol. The summed E-state index contributed by atoms with van der Waals surface area (Å²) in [6, 6.07) is 0. The van der Waals surface area contributed by atoms with Crippen molar-refractivity contribution in [3.05, 3.63) is 29.1 Å². The fourth-order valence-electron chi connectivity index (χ4n) is 1.37. The molecule has 8 nitrogen and oxygen atoms in total. The van der Waals surface area contributed by atoms with Crippen LogP contribution in [0, 0.1) is 0 Å². The van der Waals surface area contributed by atoms with Crippen molar-refractivity contribution in [3.8, 4) is 0 Å².